The highest BCUT2D eigenvalue weighted by molar-refractivity contribution is 7.88. The Morgan fingerprint density at radius 2 is 1.82 bits per heavy atom. The maximum atomic E-state index is 13.6. The van der Waals surface area contributed by atoms with Crippen molar-refractivity contribution in [3.05, 3.63) is 66.1 Å². The van der Waals surface area contributed by atoms with Gasteiger partial charge >= 0.3 is 0 Å². The molecule has 0 N–H and O–H groups in total. The van der Waals surface area contributed by atoms with E-state index in [0.29, 0.717) is 47.8 Å². The summed E-state index contributed by atoms with van der Waals surface area (Å²) in [7, 11) is -1.76. The number of nitrogens with zero attached hydrogens (tertiary/aromatic N) is 4. The van der Waals surface area contributed by atoms with Crippen molar-refractivity contribution in [2.45, 2.75) is 6.42 Å². The van der Waals surface area contributed by atoms with E-state index in [1.165, 1.54) is 22.7 Å². The van der Waals surface area contributed by atoms with Gasteiger partial charge in [-0.05, 0) is 42.8 Å². The molecule has 3 aromatic rings. The van der Waals surface area contributed by atoms with Gasteiger partial charge in [-0.1, -0.05) is 12.1 Å². The summed E-state index contributed by atoms with van der Waals surface area (Å²) >= 11 is 0. The van der Waals surface area contributed by atoms with Gasteiger partial charge in [-0.15, -0.1) is 0 Å². The fraction of sp³-hybridized carbons (Fsp3) is 0.304. The molecular weight excluding hydrogens is 447 g/mol. The Bertz CT molecular complexity index is 1260. The molecule has 33 heavy (non-hydrogen) atoms. The predicted octanol–water partition coefficient (Wildman–Crippen LogP) is 2.79. The second kappa shape index (κ2) is 9.32. The van der Waals surface area contributed by atoms with Gasteiger partial charge in [0.25, 0.3) is 5.91 Å². The van der Waals surface area contributed by atoms with Gasteiger partial charge < -0.3 is 9.64 Å². The molecule has 1 aliphatic rings. The Kier molecular flexibility index (Phi) is 6.48. The standard InChI is InChI=1S/C23H25FN4O4S/c1-32-20-6-3-5-17(15-20)22-21(16-28(25-22)19-9-7-18(24)8-10-19)23(29)26-11-4-12-27(14-13-26)33(2,30)31/h3,5-10,15-16H,4,11-14H2,1-2H3. The van der Waals surface area contributed by atoms with Gasteiger partial charge in [0.15, 0.2) is 0 Å². The van der Waals surface area contributed by atoms with Crippen LogP contribution in [0.3, 0.4) is 0 Å². The van der Waals surface area contributed by atoms with Crippen LogP contribution in [0.5, 0.6) is 5.75 Å². The highest BCUT2D eigenvalue weighted by atomic mass is 32.2. The maximum Gasteiger partial charge on any atom is 0.257 e. The first-order valence-corrected chi connectivity index (χ1v) is 12.4. The fourth-order valence-electron chi connectivity index (χ4n) is 3.84. The number of halogens is 1. The number of hydrogen-bond acceptors (Lipinski definition) is 5. The van der Waals surface area contributed by atoms with E-state index in [2.05, 4.69) is 5.10 Å². The molecule has 174 valence electrons. The van der Waals surface area contributed by atoms with Crippen LogP contribution in [-0.4, -0.2) is 72.9 Å². The first kappa shape index (κ1) is 22.9. The van der Waals surface area contributed by atoms with Crippen LogP contribution in [0.15, 0.2) is 54.7 Å². The number of aromatic nitrogens is 2. The van der Waals surface area contributed by atoms with Gasteiger partial charge in [0, 0.05) is 37.9 Å². The number of methoxy groups -OCH3 is 1. The van der Waals surface area contributed by atoms with E-state index in [1.54, 1.807) is 47.2 Å². The third kappa shape index (κ3) is 5.07. The molecule has 2 heterocycles. The van der Waals surface area contributed by atoms with Crippen LogP contribution in [0, 0.1) is 5.82 Å². The SMILES string of the molecule is COc1cccc(-c2nn(-c3ccc(F)cc3)cc2C(=O)N2CCCN(S(C)(=O)=O)CC2)c1. The van der Waals surface area contributed by atoms with E-state index < -0.39 is 10.0 Å². The van der Waals surface area contributed by atoms with Gasteiger partial charge in [-0.25, -0.2) is 21.8 Å². The number of amides is 1. The van der Waals surface area contributed by atoms with Gasteiger partial charge in [0.1, 0.15) is 17.3 Å². The average molecular weight is 473 g/mol. The van der Waals surface area contributed by atoms with Crippen LogP contribution in [0.25, 0.3) is 16.9 Å². The Balaban J connectivity index is 1.72. The highest BCUT2D eigenvalue weighted by Gasteiger charge is 2.27. The molecule has 0 aliphatic carbocycles. The van der Waals surface area contributed by atoms with Gasteiger partial charge in [0.2, 0.25) is 10.0 Å². The second-order valence-electron chi connectivity index (χ2n) is 7.85. The summed E-state index contributed by atoms with van der Waals surface area (Å²) in [6, 6.07) is 13.1. The van der Waals surface area contributed by atoms with Crippen molar-refractivity contribution in [2.75, 3.05) is 39.5 Å². The lowest BCUT2D eigenvalue weighted by molar-refractivity contribution is 0.0765. The van der Waals surface area contributed by atoms with Crippen LogP contribution in [0.2, 0.25) is 0 Å². The summed E-state index contributed by atoms with van der Waals surface area (Å²) in [5.41, 5.74) is 2.15. The zero-order valence-electron chi connectivity index (χ0n) is 18.4. The zero-order chi connectivity index (χ0) is 23.6. The number of ether oxygens (including phenoxy) is 1. The largest absolute Gasteiger partial charge is 0.497 e. The Morgan fingerprint density at radius 1 is 1.06 bits per heavy atom. The number of rotatable bonds is 5. The first-order valence-electron chi connectivity index (χ1n) is 10.5. The van der Waals surface area contributed by atoms with Crippen LogP contribution in [0.1, 0.15) is 16.8 Å². The molecule has 0 radical (unpaired) electrons. The smallest absolute Gasteiger partial charge is 0.257 e. The minimum absolute atomic E-state index is 0.239. The summed E-state index contributed by atoms with van der Waals surface area (Å²) in [5.74, 6) is 0.0209. The summed E-state index contributed by atoms with van der Waals surface area (Å²) in [5, 5.41) is 4.63. The second-order valence-corrected chi connectivity index (χ2v) is 9.83. The first-order chi connectivity index (χ1) is 15.8. The number of hydrogen-bond donors (Lipinski definition) is 0. The molecule has 0 saturated carbocycles. The average Bonchev–Trinajstić information content (AvgIpc) is 3.08. The molecule has 1 amide bonds. The van der Waals surface area contributed by atoms with E-state index >= 15 is 0 Å². The van der Waals surface area contributed by atoms with E-state index in [-0.39, 0.29) is 24.8 Å². The molecule has 0 atom stereocenters. The number of benzene rings is 2. The summed E-state index contributed by atoms with van der Waals surface area (Å²) < 4.78 is 45.6. The van der Waals surface area contributed by atoms with E-state index in [4.69, 9.17) is 4.74 Å². The van der Waals surface area contributed by atoms with E-state index in [0.717, 1.165) is 0 Å². The van der Waals surface area contributed by atoms with E-state index in [1.807, 2.05) is 12.1 Å². The molecule has 0 bridgehead atoms. The van der Waals surface area contributed by atoms with Crippen molar-refractivity contribution in [2.24, 2.45) is 0 Å². The topological polar surface area (TPSA) is 84.7 Å². The van der Waals surface area contributed by atoms with Crippen LogP contribution in [-0.2, 0) is 10.0 Å². The minimum atomic E-state index is -3.32. The summed E-state index contributed by atoms with van der Waals surface area (Å²) in [4.78, 5) is 15.2. The minimum Gasteiger partial charge on any atom is -0.497 e. The lowest BCUT2D eigenvalue weighted by Crippen LogP contribution is -2.37. The molecule has 1 fully saturated rings. The monoisotopic (exact) mass is 472 g/mol. The van der Waals surface area contributed by atoms with Crippen molar-refractivity contribution in [3.8, 4) is 22.7 Å². The molecule has 1 aliphatic heterocycles. The molecule has 10 heteroatoms. The maximum absolute atomic E-state index is 13.6. The van der Waals surface area contributed by atoms with Gasteiger partial charge in [-0.3, -0.25) is 4.79 Å². The third-order valence-corrected chi connectivity index (χ3v) is 6.89. The molecule has 8 nitrogen and oxygen atoms in total. The molecule has 4 rings (SSSR count). The third-order valence-electron chi connectivity index (χ3n) is 5.59. The Morgan fingerprint density at radius 3 is 2.52 bits per heavy atom. The highest BCUT2D eigenvalue weighted by Crippen LogP contribution is 2.28. The summed E-state index contributed by atoms with van der Waals surface area (Å²) in [6.07, 6.45) is 3.35. The van der Waals surface area contributed by atoms with Gasteiger partial charge in [0.05, 0.1) is 24.6 Å². The van der Waals surface area contributed by atoms with Crippen molar-refractivity contribution < 1.29 is 22.3 Å². The lowest BCUT2D eigenvalue weighted by atomic mass is 10.1. The molecule has 1 saturated heterocycles. The van der Waals surface area contributed by atoms with Crippen LogP contribution < -0.4 is 4.74 Å². The molecular formula is C23H25FN4O4S. The zero-order valence-corrected chi connectivity index (χ0v) is 19.3. The van der Waals surface area contributed by atoms with Crippen LogP contribution >= 0.6 is 0 Å². The summed E-state index contributed by atoms with van der Waals surface area (Å²) in [6.45, 7) is 1.33. The quantitative estimate of drug-likeness (QED) is 0.570. The van der Waals surface area contributed by atoms with Crippen molar-refractivity contribution >= 4 is 15.9 Å². The van der Waals surface area contributed by atoms with Crippen molar-refractivity contribution in [1.29, 1.82) is 0 Å². The lowest BCUT2D eigenvalue weighted by Gasteiger charge is -2.21. The number of carbonyl (C=O) groups excluding carboxylic acids is 1. The van der Waals surface area contributed by atoms with Gasteiger partial charge in [-0.2, -0.15) is 5.10 Å². The van der Waals surface area contributed by atoms with Crippen LogP contribution in [0.4, 0.5) is 4.39 Å². The normalized spacial score (nSPS) is 15.3. The fourth-order valence-corrected chi connectivity index (χ4v) is 4.71. The molecule has 0 unspecified atom stereocenters. The van der Waals surface area contributed by atoms with Crippen molar-refractivity contribution in [3.63, 3.8) is 0 Å². The Hall–Kier alpha value is -3.24. The molecule has 1 aromatic heterocycles. The van der Waals surface area contributed by atoms with E-state index in [9.17, 15) is 17.6 Å². The number of sulfonamides is 1. The Labute approximate surface area is 192 Å². The van der Waals surface area contributed by atoms with Crippen molar-refractivity contribution in [1.82, 2.24) is 19.0 Å². The number of carbonyl (C=O) groups is 1. The molecule has 2 aromatic carbocycles. The predicted molar refractivity (Wildman–Crippen MR) is 122 cm³/mol. The molecule has 0 spiro atoms.